The second kappa shape index (κ2) is 2.07. The van der Waals surface area contributed by atoms with Gasteiger partial charge in [-0.1, -0.05) is 13.8 Å². The molecule has 44 valence electrons. The van der Waals surface area contributed by atoms with E-state index in [2.05, 4.69) is 24.1 Å². The summed E-state index contributed by atoms with van der Waals surface area (Å²) >= 11 is 0. The van der Waals surface area contributed by atoms with Crippen LogP contribution in [0.3, 0.4) is 0 Å². The van der Waals surface area contributed by atoms with Crippen molar-refractivity contribution in [3.63, 3.8) is 0 Å². The topological polar surface area (TPSA) is 24.7 Å². The zero-order valence-corrected chi connectivity index (χ0v) is 5.20. The molecule has 0 aromatic carbocycles. The van der Waals surface area contributed by atoms with Crippen LogP contribution in [-0.2, 0) is 0 Å². The number of rotatable bonds is 1. The molecule has 0 amide bonds. The molecule has 0 fully saturated rings. The fourth-order valence-electron chi connectivity index (χ4n) is 0.614. The van der Waals surface area contributed by atoms with Crippen molar-refractivity contribution in [3.8, 4) is 0 Å². The van der Waals surface area contributed by atoms with E-state index in [1.807, 2.05) is 12.4 Å². The minimum Gasteiger partial charge on any atom is -0.163 e. The van der Waals surface area contributed by atoms with Crippen molar-refractivity contribution in [1.29, 1.82) is 0 Å². The third kappa shape index (κ3) is 0.941. The van der Waals surface area contributed by atoms with Crippen LogP contribution in [0, 0.1) is 11.8 Å². The number of nitrogens with zero attached hydrogens (tertiary/aromatic N) is 2. The summed E-state index contributed by atoms with van der Waals surface area (Å²) in [5.74, 6) is 1.12. The molecule has 8 heavy (non-hydrogen) atoms. The van der Waals surface area contributed by atoms with Crippen molar-refractivity contribution in [3.05, 3.63) is 0 Å². The van der Waals surface area contributed by atoms with Crippen LogP contribution in [0.15, 0.2) is 10.2 Å². The standard InChI is InChI=1S/C6H10N2/c1-5(2)6-3-7-8-4-6/h3-6H,1-2H3. The quantitative estimate of drug-likeness (QED) is 0.486. The minimum absolute atomic E-state index is 0.481. The molecule has 0 saturated carbocycles. The van der Waals surface area contributed by atoms with Gasteiger partial charge in [0, 0.05) is 18.3 Å². The molecule has 0 bridgehead atoms. The Morgan fingerprint density at radius 1 is 1.25 bits per heavy atom. The Balaban J connectivity index is 2.49. The Morgan fingerprint density at radius 2 is 1.75 bits per heavy atom. The van der Waals surface area contributed by atoms with Gasteiger partial charge in [0.1, 0.15) is 0 Å². The van der Waals surface area contributed by atoms with Crippen LogP contribution in [0.1, 0.15) is 13.8 Å². The van der Waals surface area contributed by atoms with Crippen molar-refractivity contribution >= 4 is 12.4 Å². The first-order valence-electron chi connectivity index (χ1n) is 2.87. The molecule has 0 aromatic rings. The third-order valence-corrected chi connectivity index (χ3v) is 1.31. The van der Waals surface area contributed by atoms with E-state index in [0.717, 1.165) is 0 Å². The molecule has 1 rings (SSSR count). The highest BCUT2D eigenvalue weighted by molar-refractivity contribution is 5.86. The van der Waals surface area contributed by atoms with Crippen molar-refractivity contribution in [1.82, 2.24) is 0 Å². The van der Waals surface area contributed by atoms with Crippen LogP contribution in [0.2, 0.25) is 0 Å². The lowest BCUT2D eigenvalue weighted by Crippen LogP contribution is -2.07. The summed E-state index contributed by atoms with van der Waals surface area (Å²) in [5, 5.41) is 7.46. The highest BCUT2D eigenvalue weighted by atomic mass is 15.2. The van der Waals surface area contributed by atoms with Gasteiger partial charge in [0.2, 0.25) is 0 Å². The van der Waals surface area contributed by atoms with Crippen molar-refractivity contribution in [2.24, 2.45) is 22.0 Å². The summed E-state index contributed by atoms with van der Waals surface area (Å²) in [6.07, 6.45) is 3.76. The van der Waals surface area contributed by atoms with E-state index in [9.17, 15) is 0 Å². The van der Waals surface area contributed by atoms with Gasteiger partial charge in [0.25, 0.3) is 0 Å². The molecular formula is C6H10N2. The van der Waals surface area contributed by atoms with E-state index in [-0.39, 0.29) is 0 Å². The minimum atomic E-state index is 0.481. The zero-order valence-electron chi connectivity index (χ0n) is 5.20. The summed E-state index contributed by atoms with van der Waals surface area (Å²) in [6, 6.07) is 0. The predicted octanol–water partition coefficient (Wildman–Crippen LogP) is 1.33. The Morgan fingerprint density at radius 3 is 2.00 bits per heavy atom. The number of hydrogen-bond acceptors (Lipinski definition) is 2. The molecule has 0 radical (unpaired) electrons. The van der Waals surface area contributed by atoms with E-state index >= 15 is 0 Å². The molecule has 0 aromatic heterocycles. The van der Waals surface area contributed by atoms with E-state index in [1.54, 1.807) is 0 Å². The molecule has 1 aliphatic rings. The van der Waals surface area contributed by atoms with Crippen molar-refractivity contribution < 1.29 is 0 Å². The fourth-order valence-corrected chi connectivity index (χ4v) is 0.614. The molecule has 0 aliphatic carbocycles. The van der Waals surface area contributed by atoms with Gasteiger partial charge in [-0.15, -0.1) is 0 Å². The largest absolute Gasteiger partial charge is 0.163 e. The third-order valence-electron chi connectivity index (χ3n) is 1.31. The second-order valence-corrected chi connectivity index (χ2v) is 2.35. The maximum atomic E-state index is 3.73. The van der Waals surface area contributed by atoms with Crippen molar-refractivity contribution in [2.75, 3.05) is 0 Å². The Labute approximate surface area is 49.3 Å². The van der Waals surface area contributed by atoms with Crippen LogP contribution < -0.4 is 0 Å². The SMILES string of the molecule is CC(C)C1C=NN=C1. The number of hydrogen-bond donors (Lipinski definition) is 0. The molecule has 0 saturated heterocycles. The Hall–Kier alpha value is -0.660. The molecule has 1 aliphatic heterocycles. The lowest BCUT2D eigenvalue weighted by molar-refractivity contribution is 0.623. The molecular weight excluding hydrogens is 100 g/mol. The molecule has 0 spiro atoms. The van der Waals surface area contributed by atoms with Crippen LogP contribution in [0.25, 0.3) is 0 Å². The van der Waals surface area contributed by atoms with Crippen LogP contribution in [0.5, 0.6) is 0 Å². The predicted molar refractivity (Wildman–Crippen MR) is 35.3 cm³/mol. The Bertz CT molecular complexity index is 112. The van der Waals surface area contributed by atoms with Gasteiger partial charge in [0.05, 0.1) is 0 Å². The highest BCUT2D eigenvalue weighted by Gasteiger charge is 2.09. The molecule has 2 nitrogen and oxygen atoms in total. The maximum Gasteiger partial charge on any atom is 0.0357 e. The van der Waals surface area contributed by atoms with Gasteiger partial charge in [-0.3, -0.25) is 0 Å². The summed E-state index contributed by atoms with van der Waals surface area (Å²) in [7, 11) is 0. The molecule has 1 heterocycles. The summed E-state index contributed by atoms with van der Waals surface area (Å²) in [6.45, 7) is 4.32. The summed E-state index contributed by atoms with van der Waals surface area (Å²) in [5.41, 5.74) is 0. The van der Waals surface area contributed by atoms with Gasteiger partial charge in [-0.05, 0) is 5.92 Å². The zero-order chi connectivity index (χ0) is 5.98. The normalized spacial score (nSPS) is 18.9. The summed E-state index contributed by atoms with van der Waals surface area (Å²) < 4.78 is 0. The molecule has 0 unspecified atom stereocenters. The average Bonchev–Trinajstić information content (AvgIpc) is 2.12. The van der Waals surface area contributed by atoms with Crippen molar-refractivity contribution in [2.45, 2.75) is 13.8 Å². The monoisotopic (exact) mass is 110 g/mol. The second-order valence-electron chi connectivity index (χ2n) is 2.35. The smallest absolute Gasteiger partial charge is 0.0357 e. The van der Waals surface area contributed by atoms with Gasteiger partial charge >= 0.3 is 0 Å². The van der Waals surface area contributed by atoms with E-state index < -0.39 is 0 Å². The summed E-state index contributed by atoms with van der Waals surface area (Å²) in [4.78, 5) is 0. The van der Waals surface area contributed by atoms with Crippen LogP contribution >= 0.6 is 0 Å². The Kier molecular flexibility index (Phi) is 1.42. The van der Waals surface area contributed by atoms with Gasteiger partial charge in [-0.2, -0.15) is 10.2 Å². The highest BCUT2D eigenvalue weighted by Crippen LogP contribution is 2.08. The lowest BCUT2D eigenvalue weighted by atomic mass is 9.99. The first kappa shape index (κ1) is 5.48. The van der Waals surface area contributed by atoms with E-state index in [0.29, 0.717) is 11.8 Å². The first-order chi connectivity index (χ1) is 3.80. The average molecular weight is 110 g/mol. The van der Waals surface area contributed by atoms with Gasteiger partial charge < -0.3 is 0 Å². The van der Waals surface area contributed by atoms with E-state index in [4.69, 9.17) is 0 Å². The maximum absolute atomic E-state index is 3.73. The fraction of sp³-hybridized carbons (Fsp3) is 0.667. The first-order valence-corrected chi connectivity index (χ1v) is 2.87. The van der Waals surface area contributed by atoms with Crippen LogP contribution in [-0.4, -0.2) is 12.4 Å². The van der Waals surface area contributed by atoms with Gasteiger partial charge in [-0.25, -0.2) is 0 Å². The molecule has 0 N–H and O–H groups in total. The van der Waals surface area contributed by atoms with E-state index in [1.165, 1.54) is 0 Å². The molecule has 0 atom stereocenters. The lowest BCUT2D eigenvalue weighted by Gasteiger charge is -2.03. The molecule has 2 heteroatoms. The van der Waals surface area contributed by atoms with Crippen LogP contribution in [0.4, 0.5) is 0 Å². The van der Waals surface area contributed by atoms with Gasteiger partial charge in [0.15, 0.2) is 0 Å².